The minimum absolute atomic E-state index is 0.200. The maximum Gasteiger partial charge on any atom is 0.491 e. The molecule has 2 aliphatic rings. The monoisotopic (exact) mass is 308 g/mol. The van der Waals surface area contributed by atoms with E-state index in [2.05, 4.69) is 0 Å². The van der Waals surface area contributed by atoms with Crippen molar-refractivity contribution in [3.8, 4) is 0 Å². The van der Waals surface area contributed by atoms with E-state index in [9.17, 15) is 4.79 Å². The van der Waals surface area contributed by atoms with Gasteiger partial charge in [0, 0.05) is 5.57 Å². The smallest absolute Gasteiger partial charge is 0.463 e. The molecule has 1 aliphatic carbocycles. The molecule has 0 aromatic rings. The Morgan fingerprint density at radius 1 is 1.05 bits per heavy atom. The van der Waals surface area contributed by atoms with Crippen molar-refractivity contribution in [3.63, 3.8) is 0 Å². The van der Waals surface area contributed by atoms with E-state index < -0.39 is 7.12 Å². The van der Waals surface area contributed by atoms with Crippen LogP contribution in [0, 0.1) is 0 Å². The van der Waals surface area contributed by atoms with Gasteiger partial charge >= 0.3 is 13.1 Å². The Bertz CT molecular complexity index is 438. The number of rotatable bonds is 3. The van der Waals surface area contributed by atoms with Gasteiger partial charge in [0.25, 0.3) is 0 Å². The number of carbonyl (C=O) groups is 1. The normalized spacial score (nSPS) is 28.1. The lowest BCUT2D eigenvalue weighted by Crippen LogP contribution is -2.41. The summed E-state index contributed by atoms with van der Waals surface area (Å²) in [6.07, 6.45) is 6.07. The molecule has 0 aromatic carbocycles. The average Bonchev–Trinajstić information content (AvgIpc) is 2.58. The summed E-state index contributed by atoms with van der Waals surface area (Å²) < 4.78 is 17.6. The van der Waals surface area contributed by atoms with Gasteiger partial charge in [0.2, 0.25) is 0 Å². The third-order valence-corrected chi connectivity index (χ3v) is 5.07. The minimum Gasteiger partial charge on any atom is -0.463 e. The standard InChI is InChI=1S/C17H29BO4/c1-6-20-15(19)13-11-9-7-8-10-12-14(13)18-21-16(2,3)17(4,5)22-18/h6-12H2,1-5H3/b14-13-. The maximum atomic E-state index is 12.4. The maximum absolute atomic E-state index is 12.4. The molecule has 0 unspecified atom stereocenters. The predicted octanol–water partition coefficient (Wildman–Crippen LogP) is 3.83. The summed E-state index contributed by atoms with van der Waals surface area (Å²) in [4.78, 5) is 12.4. The van der Waals surface area contributed by atoms with E-state index in [-0.39, 0.29) is 17.2 Å². The summed E-state index contributed by atoms with van der Waals surface area (Å²) in [5, 5.41) is 0. The van der Waals surface area contributed by atoms with Crippen molar-refractivity contribution in [1.82, 2.24) is 0 Å². The fourth-order valence-electron chi connectivity index (χ4n) is 2.98. The molecule has 1 aliphatic heterocycles. The van der Waals surface area contributed by atoms with E-state index in [1.54, 1.807) is 0 Å². The van der Waals surface area contributed by atoms with E-state index >= 15 is 0 Å². The van der Waals surface area contributed by atoms with Crippen molar-refractivity contribution in [2.45, 2.75) is 84.3 Å². The Kier molecular flexibility index (Phi) is 5.39. The van der Waals surface area contributed by atoms with Gasteiger partial charge < -0.3 is 14.0 Å². The molecule has 0 radical (unpaired) electrons. The van der Waals surface area contributed by atoms with Gasteiger partial charge in [-0.3, -0.25) is 0 Å². The molecular weight excluding hydrogens is 279 g/mol. The first kappa shape index (κ1) is 17.5. The zero-order valence-electron chi connectivity index (χ0n) is 14.7. The molecule has 0 atom stereocenters. The summed E-state index contributed by atoms with van der Waals surface area (Å²) in [5.74, 6) is -0.200. The van der Waals surface area contributed by atoms with Gasteiger partial charge in [-0.2, -0.15) is 0 Å². The highest BCUT2D eigenvalue weighted by Gasteiger charge is 2.53. The van der Waals surface area contributed by atoms with Gasteiger partial charge in [-0.25, -0.2) is 4.79 Å². The summed E-state index contributed by atoms with van der Waals surface area (Å²) in [6.45, 7) is 10.4. The van der Waals surface area contributed by atoms with Gasteiger partial charge in [0.1, 0.15) is 0 Å². The van der Waals surface area contributed by atoms with E-state index in [4.69, 9.17) is 14.0 Å². The molecule has 0 N–H and O–H groups in total. The highest BCUT2D eigenvalue weighted by atomic mass is 16.7. The molecule has 0 spiro atoms. The zero-order chi connectivity index (χ0) is 16.4. The van der Waals surface area contributed by atoms with Crippen LogP contribution in [0.3, 0.4) is 0 Å². The topological polar surface area (TPSA) is 44.8 Å². The third-order valence-electron chi connectivity index (χ3n) is 5.07. The molecule has 1 heterocycles. The van der Waals surface area contributed by atoms with Gasteiger partial charge in [-0.15, -0.1) is 0 Å². The largest absolute Gasteiger partial charge is 0.491 e. The molecule has 22 heavy (non-hydrogen) atoms. The lowest BCUT2D eigenvalue weighted by atomic mass is 9.70. The van der Waals surface area contributed by atoms with Crippen LogP contribution in [0.4, 0.5) is 0 Å². The third kappa shape index (κ3) is 3.57. The van der Waals surface area contributed by atoms with Crippen molar-refractivity contribution < 1.29 is 18.8 Å². The van der Waals surface area contributed by atoms with E-state index in [1.165, 1.54) is 12.8 Å². The van der Waals surface area contributed by atoms with E-state index in [0.29, 0.717) is 6.61 Å². The fraction of sp³-hybridized carbons (Fsp3) is 0.824. The Labute approximate surface area is 134 Å². The minimum atomic E-state index is -0.428. The summed E-state index contributed by atoms with van der Waals surface area (Å²) in [7, 11) is -0.428. The molecule has 0 saturated carbocycles. The summed E-state index contributed by atoms with van der Waals surface area (Å²) in [5.41, 5.74) is 1.01. The number of hydrogen-bond donors (Lipinski definition) is 0. The highest BCUT2D eigenvalue weighted by Crippen LogP contribution is 2.41. The molecule has 124 valence electrons. The summed E-state index contributed by atoms with van der Waals surface area (Å²) in [6, 6.07) is 0. The quantitative estimate of drug-likeness (QED) is 0.587. The number of carbonyl (C=O) groups excluding carboxylic acids is 1. The average molecular weight is 308 g/mol. The van der Waals surface area contributed by atoms with Crippen LogP contribution >= 0.6 is 0 Å². The Morgan fingerprint density at radius 3 is 2.14 bits per heavy atom. The van der Waals surface area contributed by atoms with Crippen molar-refractivity contribution >= 4 is 13.1 Å². The molecule has 1 fully saturated rings. The first-order valence-corrected chi connectivity index (χ1v) is 8.53. The second-order valence-electron chi connectivity index (χ2n) is 7.23. The van der Waals surface area contributed by atoms with Crippen molar-refractivity contribution in [2.75, 3.05) is 6.61 Å². The second kappa shape index (κ2) is 6.75. The number of allylic oxidation sites excluding steroid dienone is 1. The van der Waals surface area contributed by atoms with Crippen LogP contribution in [0.5, 0.6) is 0 Å². The number of esters is 1. The fourth-order valence-corrected chi connectivity index (χ4v) is 2.98. The Morgan fingerprint density at radius 2 is 1.59 bits per heavy atom. The molecule has 5 heteroatoms. The van der Waals surface area contributed by atoms with Gasteiger partial charge in [-0.1, -0.05) is 19.3 Å². The van der Waals surface area contributed by atoms with Crippen LogP contribution in [0.1, 0.15) is 73.1 Å². The van der Waals surface area contributed by atoms with E-state index in [0.717, 1.165) is 36.7 Å². The molecule has 4 nitrogen and oxygen atoms in total. The predicted molar refractivity (Wildman–Crippen MR) is 87.4 cm³/mol. The molecule has 0 aromatic heterocycles. The van der Waals surface area contributed by atoms with Gasteiger partial charge in [-0.05, 0) is 59.4 Å². The van der Waals surface area contributed by atoms with E-state index in [1.807, 2.05) is 34.6 Å². The van der Waals surface area contributed by atoms with Gasteiger partial charge in [0.05, 0.1) is 17.8 Å². The van der Waals surface area contributed by atoms with Crippen molar-refractivity contribution in [2.24, 2.45) is 0 Å². The lowest BCUT2D eigenvalue weighted by Gasteiger charge is -2.32. The molecule has 2 rings (SSSR count). The first-order chi connectivity index (χ1) is 10.3. The molecule has 0 bridgehead atoms. The van der Waals surface area contributed by atoms with Crippen LogP contribution in [0.15, 0.2) is 11.0 Å². The summed E-state index contributed by atoms with van der Waals surface area (Å²) >= 11 is 0. The zero-order valence-corrected chi connectivity index (χ0v) is 14.7. The van der Waals surface area contributed by atoms with Crippen LogP contribution in [0.25, 0.3) is 0 Å². The van der Waals surface area contributed by atoms with Crippen molar-refractivity contribution in [1.29, 1.82) is 0 Å². The van der Waals surface area contributed by atoms with Gasteiger partial charge in [0.15, 0.2) is 0 Å². The number of ether oxygens (including phenoxy) is 1. The Balaban J connectivity index is 2.32. The van der Waals surface area contributed by atoms with Crippen LogP contribution < -0.4 is 0 Å². The van der Waals surface area contributed by atoms with Crippen LogP contribution in [-0.4, -0.2) is 30.9 Å². The Hall–Kier alpha value is -0.805. The van der Waals surface area contributed by atoms with Crippen LogP contribution in [-0.2, 0) is 18.8 Å². The highest BCUT2D eigenvalue weighted by molar-refractivity contribution is 6.55. The molecular formula is C17H29BO4. The number of hydrogen-bond acceptors (Lipinski definition) is 4. The SMILES string of the molecule is CCOC(=O)/C1=C(\B2OC(C)(C)C(C)(C)O2)CCCCCC1. The first-order valence-electron chi connectivity index (χ1n) is 8.53. The van der Waals surface area contributed by atoms with Crippen molar-refractivity contribution in [3.05, 3.63) is 11.0 Å². The van der Waals surface area contributed by atoms with Crippen LogP contribution in [0.2, 0.25) is 0 Å². The molecule has 1 saturated heterocycles. The lowest BCUT2D eigenvalue weighted by molar-refractivity contribution is -0.138. The second-order valence-corrected chi connectivity index (χ2v) is 7.23. The molecule has 0 amide bonds.